The summed E-state index contributed by atoms with van der Waals surface area (Å²) >= 11 is 0. The number of hydrogen-bond donors (Lipinski definition) is 3. The molecule has 1 aromatic carbocycles. The standard InChI is InChI=1S/C14H16N4O3/c1-20-12-6-8(2-3-11(12)19)13-16-10-4-5-21-7-9(10)14(17-13)18-15/h2-3,6,19H,4-5,7,15H2,1H3,(H,16,17,18). The Morgan fingerprint density at radius 2 is 2.24 bits per heavy atom. The van der Waals surface area contributed by atoms with Crippen LogP contribution in [0.4, 0.5) is 5.82 Å². The van der Waals surface area contributed by atoms with Gasteiger partial charge in [-0.1, -0.05) is 0 Å². The Kier molecular flexibility index (Phi) is 3.59. The highest BCUT2D eigenvalue weighted by atomic mass is 16.5. The summed E-state index contributed by atoms with van der Waals surface area (Å²) in [6.07, 6.45) is 0.717. The van der Waals surface area contributed by atoms with Crippen LogP contribution in [0.3, 0.4) is 0 Å². The van der Waals surface area contributed by atoms with Crippen LogP contribution < -0.4 is 16.0 Å². The van der Waals surface area contributed by atoms with Gasteiger partial charge in [0.25, 0.3) is 0 Å². The molecule has 7 heteroatoms. The first-order valence-electron chi connectivity index (χ1n) is 6.54. The summed E-state index contributed by atoms with van der Waals surface area (Å²) in [6, 6.07) is 4.98. The molecule has 1 aliphatic rings. The van der Waals surface area contributed by atoms with Crippen LogP contribution in [0.1, 0.15) is 11.3 Å². The van der Waals surface area contributed by atoms with Crippen molar-refractivity contribution < 1.29 is 14.6 Å². The van der Waals surface area contributed by atoms with Gasteiger partial charge in [0.05, 0.1) is 26.0 Å². The van der Waals surface area contributed by atoms with Crippen LogP contribution >= 0.6 is 0 Å². The molecular weight excluding hydrogens is 272 g/mol. The Morgan fingerprint density at radius 3 is 3.00 bits per heavy atom. The van der Waals surface area contributed by atoms with E-state index in [4.69, 9.17) is 15.3 Å². The second-order valence-corrected chi connectivity index (χ2v) is 4.65. The average Bonchev–Trinajstić information content (AvgIpc) is 2.54. The Hall–Kier alpha value is -2.38. The lowest BCUT2D eigenvalue weighted by molar-refractivity contribution is 0.109. The van der Waals surface area contributed by atoms with Crippen molar-refractivity contribution >= 4 is 5.82 Å². The number of aromatic nitrogens is 2. The van der Waals surface area contributed by atoms with Crippen molar-refractivity contribution in [2.45, 2.75) is 13.0 Å². The van der Waals surface area contributed by atoms with E-state index in [9.17, 15) is 5.11 Å². The van der Waals surface area contributed by atoms with Gasteiger partial charge < -0.3 is 20.0 Å². The third kappa shape index (κ3) is 2.48. The molecule has 0 fully saturated rings. The predicted molar refractivity (Wildman–Crippen MR) is 76.9 cm³/mol. The van der Waals surface area contributed by atoms with Crippen LogP contribution in [0.15, 0.2) is 18.2 Å². The maximum absolute atomic E-state index is 9.66. The van der Waals surface area contributed by atoms with Crippen LogP contribution in [0.2, 0.25) is 0 Å². The molecule has 0 saturated heterocycles. The van der Waals surface area contributed by atoms with E-state index in [-0.39, 0.29) is 5.75 Å². The minimum absolute atomic E-state index is 0.0739. The number of nitrogen functional groups attached to an aromatic ring is 1. The number of phenolic OH excluding ortho intramolecular Hbond substituents is 1. The van der Waals surface area contributed by atoms with Crippen molar-refractivity contribution in [3.63, 3.8) is 0 Å². The average molecular weight is 288 g/mol. The molecule has 0 unspecified atom stereocenters. The van der Waals surface area contributed by atoms with E-state index < -0.39 is 0 Å². The van der Waals surface area contributed by atoms with Gasteiger partial charge in [0.15, 0.2) is 17.3 Å². The Bertz CT molecular complexity index is 658. The highest BCUT2D eigenvalue weighted by Crippen LogP contribution is 2.32. The van der Waals surface area contributed by atoms with Crippen molar-refractivity contribution in [1.82, 2.24) is 9.97 Å². The van der Waals surface area contributed by atoms with Crippen molar-refractivity contribution in [3.05, 3.63) is 29.5 Å². The molecule has 1 aromatic heterocycles. The Morgan fingerprint density at radius 1 is 1.38 bits per heavy atom. The lowest BCUT2D eigenvalue weighted by Gasteiger charge is -2.19. The van der Waals surface area contributed by atoms with Crippen LogP contribution in [-0.4, -0.2) is 28.8 Å². The fourth-order valence-corrected chi connectivity index (χ4v) is 2.30. The zero-order valence-electron chi connectivity index (χ0n) is 11.6. The lowest BCUT2D eigenvalue weighted by Crippen LogP contribution is -2.19. The van der Waals surface area contributed by atoms with Gasteiger partial charge in [0.2, 0.25) is 0 Å². The van der Waals surface area contributed by atoms with Crippen LogP contribution in [0, 0.1) is 0 Å². The fraction of sp³-hybridized carbons (Fsp3) is 0.286. The number of nitrogens with zero attached hydrogens (tertiary/aromatic N) is 2. The van der Waals surface area contributed by atoms with Gasteiger partial charge in [-0.05, 0) is 18.2 Å². The minimum atomic E-state index is 0.0739. The van der Waals surface area contributed by atoms with Gasteiger partial charge in [-0.25, -0.2) is 15.8 Å². The smallest absolute Gasteiger partial charge is 0.161 e. The number of nitrogens with one attached hydrogen (secondary N) is 1. The summed E-state index contributed by atoms with van der Waals surface area (Å²) in [5, 5.41) is 9.66. The van der Waals surface area contributed by atoms with Gasteiger partial charge in [-0.2, -0.15) is 0 Å². The van der Waals surface area contributed by atoms with Gasteiger partial charge >= 0.3 is 0 Å². The molecule has 1 aliphatic heterocycles. The van der Waals surface area contributed by atoms with Crippen molar-refractivity contribution in [2.75, 3.05) is 19.1 Å². The van der Waals surface area contributed by atoms with Crippen LogP contribution in [0.5, 0.6) is 11.5 Å². The van der Waals surface area contributed by atoms with Gasteiger partial charge in [0.1, 0.15) is 5.82 Å². The van der Waals surface area contributed by atoms with E-state index in [1.165, 1.54) is 7.11 Å². The summed E-state index contributed by atoms with van der Waals surface area (Å²) in [5.74, 6) is 7.08. The van der Waals surface area contributed by atoms with E-state index >= 15 is 0 Å². The largest absolute Gasteiger partial charge is 0.504 e. The molecule has 2 heterocycles. The summed E-state index contributed by atoms with van der Waals surface area (Å²) in [5.41, 5.74) is 5.15. The van der Waals surface area contributed by atoms with E-state index in [2.05, 4.69) is 15.4 Å². The minimum Gasteiger partial charge on any atom is -0.504 e. The van der Waals surface area contributed by atoms with Crippen LogP contribution in [-0.2, 0) is 17.8 Å². The normalized spacial score (nSPS) is 13.6. The number of fused-ring (bicyclic) bond motifs is 1. The fourth-order valence-electron chi connectivity index (χ4n) is 2.30. The third-order valence-electron chi connectivity index (χ3n) is 3.40. The van der Waals surface area contributed by atoms with Gasteiger partial charge in [-0.15, -0.1) is 0 Å². The predicted octanol–water partition coefficient (Wildman–Crippen LogP) is 1.22. The number of benzene rings is 1. The number of rotatable bonds is 3. The number of anilines is 1. The number of hydrogen-bond acceptors (Lipinski definition) is 7. The molecule has 0 amide bonds. The molecule has 0 bridgehead atoms. The number of ether oxygens (including phenoxy) is 2. The van der Waals surface area contributed by atoms with Gasteiger partial charge in [0, 0.05) is 17.5 Å². The topological polar surface area (TPSA) is 103 Å². The van der Waals surface area contributed by atoms with Crippen molar-refractivity contribution in [1.29, 1.82) is 0 Å². The Labute approximate surface area is 121 Å². The molecule has 4 N–H and O–H groups in total. The first kappa shape index (κ1) is 13.6. The Balaban J connectivity index is 2.10. The van der Waals surface area contributed by atoms with E-state index in [1.54, 1.807) is 18.2 Å². The second-order valence-electron chi connectivity index (χ2n) is 4.65. The van der Waals surface area contributed by atoms with Crippen LogP contribution in [0.25, 0.3) is 11.4 Å². The summed E-state index contributed by atoms with van der Waals surface area (Å²) in [6.45, 7) is 1.08. The summed E-state index contributed by atoms with van der Waals surface area (Å²) < 4.78 is 10.5. The number of phenols is 1. The zero-order valence-corrected chi connectivity index (χ0v) is 11.6. The SMILES string of the molecule is COc1cc(-c2nc3c(c(NN)n2)COCC3)ccc1O. The number of aromatic hydroxyl groups is 1. The number of hydrazine groups is 1. The quantitative estimate of drug-likeness (QED) is 0.576. The van der Waals surface area contributed by atoms with Crippen molar-refractivity contribution in [3.8, 4) is 22.9 Å². The zero-order chi connectivity index (χ0) is 14.8. The highest BCUT2D eigenvalue weighted by molar-refractivity contribution is 5.63. The van der Waals surface area contributed by atoms with E-state index in [0.29, 0.717) is 30.6 Å². The molecule has 110 valence electrons. The molecule has 0 atom stereocenters. The molecular formula is C14H16N4O3. The number of nitrogens with two attached hydrogens (primary N) is 1. The molecule has 0 saturated carbocycles. The molecule has 2 aromatic rings. The summed E-state index contributed by atoms with van der Waals surface area (Å²) in [7, 11) is 1.50. The summed E-state index contributed by atoms with van der Waals surface area (Å²) in [4.78, 5) is 8.99. The monoisotopic (exact) mass is 288 g/mol. The first-order chi connectivity index (χ1) is 10.2. The third-order valence-corrected chi connectivity index (χ3v) is 3.40. The van der Waals surface area contributed by atoms with E-state index in [1.807, 2.05) is 0 Å². The molecule has 21 heavy (non-hydrogen) atoms. The highest BCUT2D eigenvalue weighted by Gasteiger charge is 2.19. The molecule has 0 spiro atoms. The first-order valence-corrected chi connectivity index (χ1v) is 6.54. The number of methoxy groups -OCH3 is 1. The molecule has 7 nitrogen and oxygen atoms in total. The van der Waals surface area contributed by atoms with Gasteiger partial charge in [-0.3, -0.25) is 0 Å². The molecule has 3 rings (SSSR count). The lowest BCUT2D eigenvalue weighted by atomic mass is 10.1. The molecule has 0 radical (unpaired) electrons. The van der Waals surface area contributed by atoms with E-state index in [0.717, 1.165) is 23.2 Å². The van der Waals surface area contributed by atoms with Crippen molar-refractivity contribution in [2.24, 2.45) is 5.84 Å². The second kappa shape index (κ2) is 5.55. The maximum atomic E-state index is 9.66. The maximum Gasteiger partial charge on any atom is 0.161 e. The molecule has 0 aliphatic carbocycles.